The second-order valence-corrected chi connectivity index (χ2v) is 7.68. The van der Waals surface area contributed by atoms with Crippen LogP contribution in [0.4, 0.5) is 11.4 Å². The predicted molar refractivity (Wildman–Crippen MR) is 130 cm³/mol. The summed E-state index contributed by atoms with van der Waals surface area (Å²) in [5.41, 5.74) is 9.88. The molecular weight excluding hydrogens is 459 g/mol. The smallest absolute Gasteiger partial charge is 0.0636 e. The Balaban J connectivity index is 0.00000450. The largest absolute Gasteiger partial charge is 0.252 e. The zero-order valence-electron chi connectivity index (χ0n) is 19.6. The van der Waals surface area contributed by atoms with Gasteiger partial charge < -0.3 is 0 Å². The van der Waals surface area contributed by atoms with Crippen LogP contribution in [-0.2, 0) is 46.1 Å². The van der Waals surface area contributed by atoms with Crippen LogP contribution < -0.4 is 0 Å². The van der Waals surface area contributed by atoms with Gasteiger partial charge in [0.25, 0.3) is 0 Å². The summed E-state index contributed by atoms with van der Waals surface area (Å²) in [7, 11) is 0. The van der Waals surface area contributed by atoms with E-state index in [0.717, 1.165) is 67.7 Å². The van der Waals surface area contributed by atoms with Crippen LogP contribution in [0.3, 0.4) is 0 Å². The minimum Gasteiger partial charge on any atom is -0.252 e. The first-order chi connectivity index (χ1) is 14.1. The Morgan fingerprint density at radius 1 is 0.667 bits per heavy atom. The number of rotatable bonds is 10. The van der Waals surface area contributed by atoms with Crippen molar-refractivity contribution in [3.05, 3.63) is 58.7 Å². The summed E-state index contributed by atoms with van der Waals surface area (Å²) < 4.78 is 0. The van der Waals surface area contributed by atoms with E-state index >= 15 is 0 Å². The summed E-state index contributed by atoms with van der Waals surface area (Å²) in [4.78, 5) is 9.99. The molecule has 0 aromatic heterocycles. The Morgan fingerprint density at radius 2 is 1.13 bits per heavy atom. The molecule has 0 spiro atoms. The van der Waals surface area contributed by atoms with Crippen molar-refractivity contribution in [1.29, 1.82) is 0 Å². The molecule has 30 heavy (non-hydrogen) atoms. The number of aryl methyl sites for hydroxylation is 4. The maximum absolute atomic E-state index is 5.04. The fourth-order valence-electron chi connectivity index (χ4n) is 3.79. The number of nitrogens with zero attached hydrogens (tertiary/aromatic N) is 2. The first-order valence-electron chi connectivity index (χ1n) is 11.4. The molecular formula is C27H38N2Pd. The second-order valence-electron chi connectivity index (χ2n) is 7.68. The normalized spacial score (nSPS) is 12.1. The van der Waals surface area contributed by atoms with Crippen LogP contribution in [0.5, 0.6) is 0 Å². The van der Waals surface area contributed by atoms with Gasteiger partial charge in [-0.05, 0) is 92.0 Å². The first-order valence-corrected chi connectivity index (χ1v) is 11.4. The topological polar surface area (TPSA) is 24.7 Å². The number of benzene rings is 2. The van der Waals surface area contributed by atoms with Crippen molar-refractivity contribution in [3.8, 4) is 0 Å². The van der Waals surface area contributed by atoms with Gasteiger partial charge in [-0.25, -0.2) is 0 Å². The predicted octanol–water partition coefficient (Wildman–Crippen LogP) is 7.99. The average Bonchev–Trinajstić information content (AvgIpc) is 2.76. The van der Waals surface area contributed by atoms with Crippen molar-refractivity contribution in [1.82, 2.24) is 0 Å². The van der Waals surface area contributed by atoms with Crippen LogP contribution in [-0.4, -0.2) is 11.4 Å². The van der Waals surface area contributed by atoms with E-state index in [0.29, 0.717) is 0 Å². The molecule has 2 aromatic rings. The van der Waals surface area contributed by atoms with Gasteiger partial charge in [0, 0.05) is 20.4 Å². The molecule has 0 heterocycles. The van der Waals surface area contributed by atoms with Gasteiger partial charge in [-0.2, -0.15) is 0 Å². The fourth-order valence-corrected chi connectivity index (χ4v) is 3.79. The van der Waals surface area contributed by atoms with Gasteiger partial charge in [-0.3, -0.25) is 9.98 Å². The average molecular weight is 497 g/mol. The van der Waals surface area contributed by atoms with Gasteiger partial charge in [0.15, 0.2) is 0 Å². The number of hydrogen-bond acceptors (Lipinski definition) is 2. The molecule has 0 saturated carbocycles. The van der Waals surface area contributed by atoms with E-state index in [4.69, 9.17) is 9.98 Å². The molecule has 3 heteroatoms. The van der Waals surface area contributed by atoms with Crippen molar-refractivity contribution in [2.45, 2.75) is 86.5 Å². The zero-order chi connectivity index (χ0) is 21.2. The molecule has 2 aromatic carbocycles. The van der Waals surface area contributed by atoms with Crippen LogP contribution in [0.1, 0.15) is 83.1 Å². The second kappa shape index (κ2) is 13.7. The van der Waals surface area contributed by atoms with Crippen LogP contribution in [0.25, 0.3) is 0 Å². The van der Waals surface area contributed by atoms with Crippen molar-refractivity contribution in [3.63, 3.8) is 0 Å². The first kappa shape index (κ1) is 26.5. The summed E-state index contributed by atoms with van der Waals surface area (Å²) in [5.74, 6) is 0. The van der Waals surface area contributed by atoms with E-state index in [2.05, 4.69) is 77.9 Å². The van der Waals surface area contributed by atoms with E-state index in [-0.39, 0.29) is 20.4 Å². The molecule has 0 saturated heterocycles. The summed E-state index contributed by atoms with van der Waals surface area (Å²) in [5, 5.41) is 0. The van der Waals surface area contributed by atoms with Crippen molar-refractivity contribution < 1.29 is 20.4 Å². The van der Waals surface area contributed by atoms with Gasteiger partial charge in [0.2, 0.25) is 0 Å². The van der Waals surface area contributed by atoms with E-state index in [1.165, 1.54) is 22.3 Å². The van der Waals surface area contributed by atoms with Crippen molar-refractivity contribution in [2.75, 3.05) is 0 Å². The molecule has 0 fully saturated rings. The molecule has 0 aliphatic heterocycles. The van der Waals surface area contributed by atoms with E-state index in [9.17, 15) is 0 Å². The van der Waals surface area contributed by atoms with Gasteiger partial charge in [0.05, 0.1) is 22.8 Å². The SMILES string of the molecule is CCCCC(=N\c1ccc(CC)c(CC)c1)/C(C)=N/c1ccc(CC)c(CC)c1.[Pd]. The fraction of sp³-hybridized carbons (Fsp3) is 0.481. The zero-order valence-corrected chi connectivity index (χ0v) is 21.2. The molecule has 0 unspecified atom stereocenters. The molecule has 0 aliphatic carbocycles. The molecule has 2 rings (SSSR count). The number of hydrogen-bond donors (Lipinski definition) is 0. The Morgan fingerprint density at radius 3 is 1.57 bits per heavy atom. The number of aliphatic imine (C=N–C) groups is 2. The van der Waals surface area contributed by atoms with E-state index in [1.807, 2.05) is 0 Å². The summed E-state index contributed by atoms with van der Waals surface area (Å²) in [6.07, 6.45) is 7.50. The molecule has 166 valence electrons. The van der Waals surface area contributed by atoms with Crippen molar-refractivity contribution in [2.24, 2.45) is 9.98 Å². The third-order valence-electron chi connectivity index (χ3n) is 5.65. The summed E-state index contributed by atoms with van der Waals surface area (Å²) in [6.45, 7) is 13.2. The number of unbranched alkanes of at least 4 members (excludes halogenated alkanes) is 1. The Bertz CT molecular complexity index is 865. The molecule has 0 aliphatic rings. The van der Waals surface area contributed by atoms with Gasteiger partial charge >= 0.3 is 0 Å². The molecule has 0 amide bonds. The quantitative estimate of drug-likeness (QED) is 0.235. The Kier molecular flexibility index (Phi) is 12.1. The molecule has 0 N–H and O–H groups in total. The summed E-state index contributed by atoms with van der Waals surface area (Å²) in [6, 6.07) is 13.3. The minimum absolute atomic E-state index is 0. The third-order valence-corrected chi connectivity index (χ3v) is 5.65. The Labute approximate surface area is 198 Å². The Hall–Kier alpha value is -1.56. The van der Waals surface area contributed by atoms with Crippen molar-refractivity contribution >= 4 is 22.8 Å². The molecule has 0 atom stereocenters. The third kappa shape index (κ3) is 7.29. The maximum Gasteiger partial charge on any atom is 0.0636 e. The van der Waals surface area contributed by atoms with Crippen LogP contribution in [0.15, 0.2) is 46.4 Å². The van der Waals surface area contributed by atoms with Gasteiger partial charge in [-0.15, -0.1) is 0 Å². The minimum atomic E-state index is 0. The van der Waals surface area contributed by atoms with E-state index in [1.54, 1.807) is 0 Å². The monoisotopic (exact) mass is 496 g/mol. The molecule has 0 radical (unpaired) electrons. The molecule has 0 bridgehead atoms. The molecule has 2 nitrogen and oxygen atoms in total. The standard InChI is InChI=1S/C27H38N2.Pd/c1-7-12-13-27(29-26-17-15-22(9-3)24(11-5)19-26)20(6)28-25-16-14-21(8-2)23(10-4)18-25;/h14-19H,7-13H2,1-6H3;/b28-20+,29-27+;. The van der Waals surface area contributed by atoms with E-state index < -0.39 is 0 Å². The van der Waals surface area contributed by atoms with Crippen LogP contribution in [0.2, 0.25) is 0 Å². The van der Waals surface area contributed by atoms with Crippen LogP contribution in [0, 0.1) is 0 Å². The summed E-state index contributed by atoms with van der Waals surface area (Å²) >= 11 is 0. The van der Waals surface area contributed by atoms with Gasteiger partial charge in [0.1, 0.15) is 0 Å². The maximum atomic E-state index is 5.04. The van der Waals surface area contributed by atoms with Crippen LogP contribution >= 0.6 is 0 Å². The van der Waals surface area contributed by atoms with Gasteiger partial charge in [-0.1, -0.05) is 53.2 Å².